The van der Waals surface area contributed by atoms with E-state index < -0.39 is 5.97 Å². The van der Waals surface area contributed by atoms with Gasteiger partial charge in [0.15, 0.2) is 0 Å². The van der Waals surface area contributed by atoms with Gasteiger partial charge in [-0.3, -0.25) is 14.5 Å². The molecule has 1 N–H and O–H groups in total. The minimum Gasteiger partial charge on any atom is -0.480 e. The molecular weight excluding hydrogens is 232 g/mol. The third-order valence-corrected chi connectivity index (χ3v) is 3.38. The van der Waals surface area contributed by atoms with E-state index in [1.165, 1.54) is 6.42 Å². The van der Waals surface area contributed by atoms with Crippen molar-refractivity contribution in [2.45, 2.75) is 45.6 Å². The second-order valence-corrected chi connectivity index (χ2v) is 5.04. The monoisotopic (exact) mass is 256 g/mol. The van der Waals surface area contributed by atoms with Crippen LogP contribution in [-0.2, 0) is 9.59 Å². The number of hydrogen-bond donors (Lipinski definition) is 1. The Morgan fingerprint density at radius 2 is 2.06 bits per heavy atom. The third kappa shape index (κ3) is 4.64. The molecule has 0 saturated carbocycles. The fourth-order valence-electron chi connectivity index (χ4n) is 2.47. The summed E-state index contributed by atoms with van der Waals surface area (Å²) in [6.07, 6.45) is 4.15. The van der Waals surface area contributed by atoms with Crippen LogP contribution in [0.3, 0.4) is 0 Å². The predicted octanol–water partition coefficient (Wildman–Crippen LogP) is 1.18. The van der Waals surface area contributed by atoms with Crippen LogP contribution in [-0.4, -0.2) is 59.0 Å². The molecule has 1 saturated heterocycles. The first-order chi connectivity index (χ1) is 8.54. The molecule has 0 aromatic rings. The molecule has 1 aliphatic rings. The number of piperidine rings is 1. The standard InChI is InChI=1S/C13H24N2O3/c1-3-7-14(10-13(17)18)9-12(16)15-8-5-4-6-11(15)2/h11H,3-10H2,1-2H3,(H,17,18). The minimum atomic E-state index is -0.872. The van der Waals surface area contributed by atoms with Gasteiger partial charge in [0.25, 0.3) is 0 Å². The molecule has 0 bridgehead atoms. The smallest absolute Gasteiger partial charge is 0.317 e. The van der Waals surface area contributed by atoms with Gasteiger partial charge in [-0.1, -0.05) is 6.92 Å². The Kier molecular flexibility index (Phi) is 6.12. The van der Waals surface area contributed by atoms with Gasteiger partial charge in [0.2, 0.25) is 5.91 Å². The van der Waals surface area contributed by atoms with Gasteiger partial charge in [0, 0.05) is 12.6 Å². The van der Waals surface area contributed by atoms with Gasteiger partial charge in [0.1, 0.15) is 0 Å². The Labute approximate surface area is 109 Å². The lowest BCUT2D eigenvalue weighted by atomic mass is 10.0. The Morgan fingerprint density at radius 1 is 1.33 bits per heavy atom. The van der Waals surface area contributed by atoms with Gasteiger partial charge >= 0.3 is 5.97 Å². The van der Waals surface area contributed by atoms with Crippen LogP contribution >= 0.6 is 0 Å². The summed E-state index contributed by atoms with van der Waals surface area (Å²) >= 11 is 0. The molecule has 0 aromatic heterocycles. The highest BCUT2D eigenvalue weighted by Gasteiger charge is 2.24. The molecule has 5 nitrogen and oxygen atoms in total. The van der Waals surface area contributed by atoms with E-state index in [1.807, 2.05) is 11.8 Å². The van der Waals surface area contributed by atoms with Crippen molar-refractivity contribution < 1.29 is 14.7 Å². The van der Waals surface area contributed by atoms with Crippen LogP contribution in [0, 0.1) is 0 Å². The molecule has 1 atom stereocenters. The molecule has 1 heterocycles. The average Bonchev–Trinajstić information content (AvgIpc) is 2.28. The van der Waals surface area contributed by atoms with Gasteiger partial charge in [-0.2, -0.15) is 0 Å². The predicted molar refractivity (Wildman–Crippen MR) is 69.4 cm³/mol. The zero-order valence-electron chi connectivity index (χ0n) is 11.4. The second-order valence-electron chi connectivity index (χ2n) is 5.04. The first kappa shape index (κ1) is 15.0. The maximum Gasteiger partial charge on any atom is 0.317 e. The van der Waals surface area contributed by atoms with Crippen molar-refractivity contribution in [3.8, 4) is 0 Å². The van der Waals surface area contributed by atoms with Crippen molar-refractivity contribution in [2.75, 3.05) is 26.2 Å². The number of carboxylic acid groups (broad SMARTS) is 1. The topological polar surface area (TPSA) is 60.9 Å². The minimum absolute atomic E-state index is 0.0538. The van der Waals surface area contributed by atoms with Gasteiger partial charge in [-0.25, -0.2) is 0 Å². The Morgan fingerprint density at radius 3 is 2.61 bits per heavy atom. The van der Waals surface area contributed by atoms with Crippen LogP contribution in [0.2, 0.25) is 0 Å². The lowest BCUT2D eigenvalue weighted by molar-refractivity contribution is -0.140. The van der Waals surface area contributed by atoms with Gasteiger partial charge in [0.05, 0.1) is 13.1 Å². The van der Waals surface area contributed by atoms with Crippen molar-refractivity contribution >= 4 is 11.9 Å². The highest BCUT2D eigenvalue weighted by atomic mass is 16.4. The highest BCUT2D eigenvalue weighted by Crippen LogP contribution is 2.16. The number of carboxylic acids is 1. The van der Waals surface area contributed by atoms with E-state index in [0.29, 0.717) is 12.6 Å². The molecule has 1 aliphatic heterocycles. The fourth-order valence-corrected chi connectivity index (χ4v) is 2.47. The number of rotatable bonds is 6. The Hall–Kier alpha value is -1.10. The van der Waals surface area contributed by atoms with E-state index in [1.54, 1.807) is 4.90 Å². The van der Waals surface area contributed by atoms with E-state index in [0.717, 1.165) is 25.8 Å². The van der Waals surface area contributed by atoms with Gasteiger partial charge < -0.3 is 10.0 Å². The lowest BCUT2D eigenvalue weighted by Crippen LogP contribution is -2.47. The van der Waals surface area contributed by atoms with Gasteiger partial charge in [-0.15, -0.1) is 0 Å². The van der Waals surface area contributed by atoms with Crippen LogP contribution in [0.25, 0.3) is 0 Å². The van der Waals surface area contributed by atoms with E-state index in [2.05, 4.69) is 6.92 Å². The molecule has 1 rings (SSSR count). The maximum atomic E-state index is 12.2. The molecule has 1 fully saturated rings. The van der Waals surface area contributed by atoms with Crippen molar-refractivity contribution in [1.29, 1.82) is 0 Å². The molecule has 0 aromatic carbocycles. The second kappa shape index (κ2) is 7.36. The van der Waals surface area contributed by atoms with E-state index >= 15 is 0 Å². The van der Waals surface area contributed by atoms with Crippen LogP contribution in [0.5, 0.6) is 0 Å². The van der Waals surface area contributed by atoms with E-state index in [9.17, 15) is 9.59 Å². The molecule has 1 amide bonds. The maximum absolute atomic E-state index is 12.2. The van der Waals surface area contributed by atoms with Crippen LogP contribution in [0.15, 0.2) is 0 Å². The molecule has 104 valence electrons. The summed E-state index contributed by atoms with van der Waals surface area (Å²) in [5.74, 6) is -0.806. The Bertz CT molecular complexity index is 294. The summed E-state index contributed by atoms with van der Waals surface area (Å²) in [4.78, 5) is 26.5. The SMILES string of the molecule is CCCN(CC(=O)O)CC(=O)N1CCCCC1C. The summed E-state index contributed by atoms with van der Waals surface area (Å²) in [5, 5.41) is 8.82. The average molecular weight is 256 g/mol. The van der Waals surface area contributed by atoms with Crippen LogP contribution < -0.4 is 0 Å². The molecule has 0 spiro atoms. The summed E-state index contributed by atoms with van der Waals surface area (Å²) in [6.45, 7) is 5.70. The van der Waals surface area contributed by atoms with E-state index in [4.69, 9.17) is 5.11 Å². The van der Waals surface area contributed by atoms with Crippen molar-refractivity contribution in [3.63, 3.8) is 0 Å². The number of hydrogen-bond acceptors (Lipinski definition) is 3. The van der Waals surface area contributed by atoms with Crippen LogP contribution in [0.1, 0.15) is 39.5 Å². The first-order valence-electron chi connectivity index (χ1n) is 6.78. The lowest BCUT2D eigenvalue weighted by Gasteiger charge is -2.34. The van der Waals surface area contributed by atoms with Crippen molar-refractivity contribution in [3.05, 3.63) is 0 Å². The zero-order valence-corrected chi connectivity index (χ0v) is 11.4. The largest absolute Gasteiger partial charge is 0.480 e. The first-order valence-corrected chi connectivity index (χ1v) is 6.78. The summed E-state index contributed by atoms with van der Waals surface area (Å²) in [6, 6.07) is 0.291. The number of nitrogens with zero attached hydrogens (tertiary/aromatic N) is 2. The van der Waals surface area contributed by atoms with Crippen LogP contribution in [0.4, 0.5) is 0 Å². The fraction of sp³-hybridized carbons (Fsp3) is 0.846. The summed E-state index contributed by atoms with van der Waals surface area (Å²) < 4.78 is 0. The number of aliphatic carboxylic acids is 1. The summed E-state index contributed by atoms with van der Waals surface area (Å²) in [5.41, 5.74) is 0. The highest BCUT2D eigenvalue weighted by molar-refractivity contribution is 5.79. The number of likely N-dealkylation sites (tertiary alicyclic amines) is 1. The Balaban J connectivity index is 2.51. The molecule has 5 heteroatoms. The third-order valence-electron chi connectivity index (χ3n) is 3.38. The quantitative estimate of drug-likeness (QED) is 0.775. The van der Waals surface area contributed by atoms with Crippen molar-refractivity contribution in [2.24, 2.45) is 0 Å². The molecule has 1 unspecified atom stereocenters. The number of carbonyl (C=O) groups is 2. The van der Waals surface area contributed by atoms with E-state index in [-0.39, 0.29) is 19.0 Å². The molecular formula is C13H24N2O3. The van der Waals surface area contributed by atoms with Crippen molar-refractivity contribution in [1.82, 2.24) is 9.80 Å². The molecule has 0 aliphatic carbocycles. The molecule has 0 radical (unpaired) electrons. The summed E-state index contributed by atoms with van der Waals surface area (Å²) in [7, 11) is 0. The van der Waals surface area contributed by atoms with Gasteiger partial charge in [-0.05, 0) is 39.2 Å². The number of carbonyl (C=O) groups excluding carboxylic acids is 1. The normalized spacial score (nSPS) is 20.2. The zero-order chi connectivity index (χ0) is 13.5. The number of amides is 1. The molecule has 18 heavy (non-hydrogen) atoms.